The molecule has 0 bridgehead atoms. The SMILES string of the molecule is CCN(Cc1cccc(F)c1)C(=O)C1CC=CCC1. The van der Waals surface area contributed by atoms with Gasteiger partial charge >= 0.3 is 0 Å². The lowest BCUT2D eigenvalue weighted by molar-refractivity contribution is -0.136. The van der Waals surface area contributed by atoms with Crippen LogP contribution in [0.2, 0.25) is 0 Å². The normalized spacial score (nSPS) is 18.3. The highest BCUT2D eigenvalue weighted by atomic mass is 19.1. The van der Waals surface area contributed by atoms with E-state index < -0.39 is 0 Å². The molecule has 1 aliphatic carbocycles. The molecule has 0 saturated carbocycles. The van der Waals surface area contributed by atoms with Crippen LogP contribution in [-0.4, -0.2) is 17.4 Å². The van der Waals surface area contributed by atoms with Gasteiger partial charge in [0.05, 0.1) is 0 Å². The van der Waals surface area contributed by atoms with Gasteiger partial charge in [-0.25, -0.2) is 4.39 Å². The van der Waals surface area contributed by atoms with E-state index in [0.29, 0.717) is 13.1 Å². The summed E-state index contributed by atoms with van der Waals surface area (Å²) in [6.07, 6.45) is 6.95. The Hall–Kier alpha value is -1.64. The standard InChI is InChI=1S/C16H20FNO/c1-2-18(12-13-7-6-10-15(17)11-13)16(19)14-8-4-3-5-9-14/h3-4,6-7,10-11,14H,2,5,8-9,12H2,1H3. The Kier molecular flexibility index (Phi) is 4.72. The van der Waals surface area contributed by atoms with Gasteiger partial charge < -0.3 is 4.90 Å². The van der Waals surface area contributed by atoms with E-state index in [1.54, 1.807) is 6.07 Å². The van der Waals surface area contributed by atoms with E-state index >= 15 is 0 Å². The van der Waals surface area contributed by atoms with Gasteiger partial charge in [0.1, 0.15) is 5.82 Å². The number of carbonyl (C=O) groups excluding carboxylic acids is 1. The Morgan fingerprint density at radius 3 is 2.89 bits per heavy atom. The molecule has 0 heterocycles. The smallest absolute Gasteiger partial charge is 0.226 e. The number of amides is 1. The third-order valence-electron chi connectivity index (χ3n) is 3.57. The first-order valence-corrected chi connectivity index (χ1v) is 6.89. The molecule has 19 heavy (non-hydrogen) atoms. The van der Waals surface area contributed by atoms with Crippen molar-refractivity contribution in [3.8, 4) is 0 Å². The molecular formula is C16H20FNO. The average Bonchev–Trinajstić information content (AvgIpc) is 2.45. The van der Waals surface area contributed by atoms with Crippen molar-refractivity contribution in [3.05, 3.63) is 47.8 Å². The van der Waals surface area contributed by atoms with E-state index in [0.717, 1.165) is 24.8 Å². The molecule has 102 valence electrons. The lowest BCUT2D eigenvalue weighted by Crippen LogP contribution is -2.36. The maximum absolute atomic E-state index is 13.2. The first-order valence-electron chi connectivity index (χ1n) is 6.89. The van der Waals surface area contributed by atoms with Crippen molar-refractivity contribution in [2.75, 3.05) is 6.54 Å². The molecule has 0 aliphatic heterocycles. The highest BCUT2D eigenvalue weighted by molar-refractivity contribution is 5.79. The van der Waals surface area contributed by atoms with Crippen molar-refractivity contribution in [1.82, 2.24) is 4.90 Å². The van der Waals surface area contributed by atoms with Gasteiger partial charge in [-0.1, -0.05) is 24.3 Å². The van der Waals surface area contributed by atoms with E-state index in [1.165, 1.54) is 12.1 Å². The number of rotatable bonds is 4. The van der Waals surface area contributed by atoms with Crippen LogP contribution >= 0.6 is 0 Å². The van der Waals surface area contributed by atoms with E-state index in [1.807, 2.05) is 17.9 Å². The summed E-state index contributed by atoms with van der Waals surface area (Å²) >= 11 is 0. The molecule has 0 spiro atoms. The van der Waals surface area contributed by atoms with Crippen molar-refractivity contribution in [3.63, 3.8) is 0 Å². The number of halogens is 1. The summed E-state index contributed by atoms with van der Waals surface area (Å²) in [5.74, 6) is 0.0382. The maximum Gasteiger partial charge on any atom is 0.226 e. The molecule has 0 aromatic heterocycles. The molecule has 0 N–H and O–H groups in total. The summed E-state index contributed by atoms with van der Waals surface area (Å²) in [6.45, 7) is 3.12. The van der Waals surface area contributed by atoms with Crippen LogP contribution in [-0.2, 0) is 11.3 Å². The number of benzene rings is 1. The highest BCUT2D eigenvalue weighted by Gasteiger charge is 2.23. The summed E-state index contributed by atoms with van der Waals surface area (Å²) in [7, 11) is 0. The van der Waals surface area contributed by atoms with Crippen LogP contribution in [0.3, 0.4) is 0 Å². The lowest BCUT2D eigenvalue weighted by atomic mass is 9.93. The third kappa shape index (κ3) is 3.66. The minimum Gasteiger partial charge on any atom is -0.338 e. The fraction of sp³-hybridized carbons (Fsp3) is 0.438. The van der Waals surface area contributed by atoms with Gasteiger partial charge in [0.15, 0.2) is 0 Å². The molecule has 2 nitrogen and oxygen atoms in total. The van der Waals surface area contributed by atoms with Gasteiger partial charge in [0, 0.05) is 19.0 Å². The minimum absolute atomic E-state index is 0.0958. The van der Waals surface area contributed by atoms with Gasteiger partial charge in [-0.15, -0.1) is 0 Å². The highest BCUT2D eigenvalue weighted by Crippen LogP contribution is 2.21. The van der Waals surface area contributed by atoms with Gasteiger partial charge in [-0.3, -0.25) is 4.79 Å². The predicted molar refractivity (Wildman–Crippen MR) is 74.0 cm³/mol. The van der Waals surface area contributed by atoms with E-state index in [2.05, 4.69) is 12.2 Å². The van der Waals surface area contributed by atoms with E-state index in [9.17, 15) is 9.18 Å². The number of hydrogen-bond acceptors (Lipinski definition) is 1. The maximum atomic E-state index is 13.2. The van der Waals surface area contributed by atoms with Crippen molar-refractivity contribution in [2.24, 2.45) is 5.92 Å². The monoisotopic (exact) mass is 261 g/mol. The molecule has 1 aromatic rings. The molecule has 0 radical (unpaired) electrons. The zero-order chi connectivity index (χ0) is 13.7. The Morgan fingerprint density at radius 1 is 1.42 bits per heavy atom. The summed E-state index contributed by atoms with van der Waals surface area (Å²) in [4.78, 5) is 14.2. The van der Waals surface area contributed by atoms with Crippen molar-refractivity contribution in [1.29, 1.82) is 0 Å². The first kappa shape index (κ1) is 13.8. The largest absolute Gasteiger partial charge is 0.338 e. The number of carbonyl (C=O) groups is 1. The van der Waals surface area contributed by atoms with Crippen LogP contribution in [0, 0.1) is 11.7 Å². The van der Waals surface area contributed by atoms with Crippen LogP contribution in [0.4, 0.5) is 4.39 Å². The molecule has 0 saturated heterocycles. The molecule has 2 rings (SSSR count). The summed E-state index contributed by atoms with van der Waals surface area (Å²) in [5.41, 5.74) is 0.849. The van der Waals surface area contributed by atoms with Crippen LogP contribution < -0.4 is 0 Å². The van der Waals surface area contributed by atoms with Gasteiger partial charge in [-0.2, -0.15) is 0 Å². The van der Waals surface area contributed by atoms with E-state index in [-0.39, 0.29) is 17.6 Å². The minimum atomic E-state index is -0.249. The molecule has 1 amide bonds. The van der Waals surface area contributed by atoms with Gasteiger partial charge in [0.2, 0.25) is 5.91 Å². The number of hydrogen-bond donors (Lipinski definition) is 0. The van der Waals surface area contributed by atoms with Crippen LogP contribution in [0.1, 0.15) is 31.7 Å². The Bertz CT molecular complexity index is 470. The fourth-order valence-electron chi connectivity index (χ4n) is 2.48. The molecule has 3 heteroatoms. The van der Waals surface area contributed by atoms with Crippen LogP contribution in [0.15, 0.2) is 36.4 Å². The van der Waals surface area contributed by atoms with Gasteiger partial charge in [0.25, 0.3) is 0 Å². The molecule has 1 aliphatic rings. The van der Waals surface area contributed by atoms with Crippen molar-refractivity contribution < 1.29 is 9.18 Å². The molecule has 1 atom stereocenters. The Morgan fingerprint density at radius 2 is 2.26 bits per heavy atom. The zero-order valence-corrected chi connectivity index (χ0v) is 11.3. The van der Waals surface area contributed by atoms with Crippen molar-refractivity contribution in [2.45, 2.75) is 32.7 Å². The second kappa shape index (κ2) is 6.50. The predicted octanol–water partition coefficient (Wildman–Crippen LogP) is 3.53. The quantitative estimate of drug-likeness (QED) is 0.759. The topological polar surface area (TPSA) is 20.3 Å². The molecule has 1 unspecified atom stereocenters. The molecular weight excluding hydrogens is 241 g/mol. The summed E-state index contributed by atoms with van der Waals surface area (Å²) in [5, 5.41) is 0. The summed E-state index contributed by atoms with van der Waals surface area (Å²) in [6, 6.07) is 6.47. The molecule has 1 aromatic carbocycles. The van der Waals surface area contributed by atoms with Crippen LogP contribution in [0.5, 0.6) is 0 Å². The number of nitrogens with zero attached hydrogens (tertiary/aromatic N) is 1. The average molecular weight is 261 g/mol. The zero-order valence-electron chi connectivity index (χ0n) is 11.3. The van der Waals surface area contributed by atoms with E-state index in [4.69, 9.17) is 0 Å². The third-order valence-corrected chi connectivity index (χ3v) is 3.57. The fourth-order valence-corrected chi connectivity index (χ4v) is 2.48. The Labute approximate surface area is 113 Å². The first-order chi connectivity index (χ1) is 9.20. The summed E-state index contributed by atoms with van der Waals surface area (Å²) < 4.78 is 13.2. The van der Waals surface area contributed by atoms with Gasteiger partial charge in [-0.05, 0) is 43.9 Å². The lowest BCUT2D eigenvalue weighted by Gasteiger charge is -2.27. The van der Waals surface area contributed by atoms with Crippen molar-refractivity contribution >= 4 is 5.91 Å². The second-order valence-corrected chi connectivity index (χ2v) is 4.96. The Balaban J connectivity index is 2.03. The molecule has 0 fully saturated rings. The second-order valence-electron chi connectivity index (χ2n) is 4.96. The van der Waals surface area contributed by atoms with Crippen LogP contribution in [0.25, 0.3) is 0 Å². The number of allylic oxidation sites excluding steroid dienone is 2.